The molecule has 13 heavy (non-hydrogen) atoms. The first-order valence-corrected chi connectivity index (χ1v) is 4.51. The van der Waals surface area contributed by atoms with Crippen molar-refractivity contribution in [2.24, 2.45) is 23.5 Å². The first-order chi connectivity index (χ1) is 6.15. The summed E-state index contributed by atoms with van der Waals surface area (Å²) in [6.45, 7) is 0. The number of nitrogens with two attached hydrogens (primary N) is 1. The monoisotopic (exact) mass is 183 g/mol. The molecular weight excluding hydrogens is 170 g/mol. The SMILES string of the molecule is COC(=O)[C@H]1[C@@H]2CC(=O)[C@@H](C2)[C@H]1N. The Balaban J connectivity index is 2.17. The molecule has 0 amide bonds. The van der Waals surface area contributed by atoms with Gasteiger partial charge in [0, 0.05) is 18.4 Å². The highest BCUT2D eigenvalue weighted by atomic mass is 16.5. The Kier molecular flexibility index (Phi) is 1.87. The van der Waals surface area contributed by atoms with E-state index in [2.05, 4.69) is 4.74 Å². The van der Waals surface area contributed by atoms with Crippen molar-refractivity contribution in [3.05, 3.63) is 0 Å². The Bertz CT molecular complexity index is 262. The number of hydrogen-bond donors (Lipinski definition) is 1. The summed E-state index contributed by atoms with van der Waals surface area (Å²) < 4.78 is 4.66. The molecule has 0 aromatic rings. The van der Waals surface area contributed by atoms with E-state index in [4.69, 9.17) is 5.73 Å². The zero-order valence-electron chi connectivity index (χ0n) is 7.53. The summed E-state index contributed by atoms with van der Waals surface area (Å²) in [6.07, 6.45) is 1.29. The Labute approximate surface area is 76.4 Å². The second kappa shape index (κ2) is 2.80. The van der Waals surface area contributed by atoms with Crippen LogP contribution in [0.4, 0.5) is 0 Å². The standard InChI is InChI=1S/C9H13NO3/c1-13-9(12)7-4-2-5(8(7)10)6(11)3-4/h4-5,7-8H,2-3,10H2,1H3/t4-,5+,7-,8+/m0/s1. The molecule has 4 heteroatoms. The van der Waals surface area contributed by atoms with Crippen LogP contribution in [-0.2, 0) is 14.3 Å². The Morgan fingerprint density at radius 1 is 1.62 bits per heavy atom. The average molecular weight is 183 g/mol. The van der Waals surface area contributed by atoms with Crippen molar-refractivity contribution < 1.29 is 14.3 Å². The third kappa shape index (κ3) is 1.09. The molecule has 2 N–H and O–H groups in total. The molecule has 2 saturated carbocycles. The smallest absolute Gasteiger partial charge is 0.310 e. The van der Waals surface area contributed by atoms with Gasteiger partial charge >= 0.3 is 5.97 Å². The zero-order valence-corrected chi connectivity index (χ0v) is 7.53. The van der Waals surface area contributed by atoms with Crippen molar-refractivity contribution in [2.45, 2.75) is 18.9 Å². The zero-order chi connectivity index (χ0) is 9.59. The topological polar surface area (TPSA) is 69.4 Å². The van der Waals surface area contributed by atoms with Gasteiger partial charge in [-0.05, 0) is 12.3 Å². The predicted molar refractivity (Wildman–Crippen MR) is 44.7 cm³/mol. The van der Waals surface area contributed by atoms with Crippen LogP contribution in [0.25, 0.3) is 0 Å². The van der Waals surface area contributed by atoms with Crippen molar-refractivity contribution in [1.82, 2.24) is 0 Å². The van der Waals surface area contributed by atoms with Gasteiger partial charge in [0.25, 0.3) is 0 Å². The van der Waals surface area contributed by atoms with Gasteiger partial charge < -0.3 is 10.5 Å². The lowest BCUT2D eigenvalue weighted by atomic mass is 9.84. The molecule has 2 rings (SSSR count). The number of rotatable bonds is 1. The van der Waals surface area contributed by atoms with Crippen LogP contribution in [0.5, 0.6) is 0 Å². The number of Topliss-reactive ketones (excluding diaryl/α,β-unsaturated/α-hetero) is 1. The van der Waals surface area contributed by atoms with Gasteiger partial charge in [-0.1, -0.05) is 0 Å². The van der Waals surface area contributed by atoms with Crippen molar-refractivity contribution in [3.63, 3.8) is 0 Å². The van der Waals surface area contributed by atoms with Crippen LogP contribution in [0, 0.1) is 17.8 Å². The van der Waals surface area contributed by atoms with Crippen LogP contribution in [0.3, 0.4) is 0 Å². The van der Waals surface area contributed by atoms with Gasteiger partial charge in [-0.25, -0.2) is 0 Å². The van der Waals surface area contributed by atoms with Crippen molar-refractivity contribution >= 4 is 11.8 Å². The second-order valence-electron chi connectivity index (χ2n) is 3.90. The Hall–Kier alpha value is -0.900. The van der Waals surface area contributed by atoms with Gasteiger partial charge in [-0.2, -0.15) is 0 Å². The fraction of sp³-hybridized carbons (Fsp3) is 0.778. The van der Waals surface area contributed by atoms with Gasteiger partial charge in [0.05, 0.1) is 13.0 Å². The van der Waals surface area contributed by atoms with Crippen LogP contribution < -0.4 is 5.73 Å². The summed E-state index contributed by atoms with van der Waals surface area (Å²) in [5.74, 6) is -0.230. The molecule has 0 heterocycles. The minimum atomic E-state index is -0.307. The number of ether oxygens (including phenoxy) is 1. The van der Waals surface area contributed by atoms with Crippen molar-refractivity contribution in [3.8, 4) is 0 Å². The van der Waals surface area contributed by atoms with Crippen molar-refractivity contribution in [1.29, 1.82) is 0 Å². The van der Waals surface area contributed by atoms with E-state index in [1.807, 2.05) is 0 Å². The van der Waals surface area contributed by atoms with Crippen molar-refractivity contribution in [2.75, 3.05) is 7.11 Å². The van der Waals surface area contributed by atoms with Gasteiger partial charge in [0.1, 0.15) is 5.78 Å². The molecule has 0 aromatic carbocycles. The summed E-state index contributed by atoms with van der Waals surface area (Å²) in [4.78, 5) is 22.6. The van der Waals surface area contributed by atoms with E-state index in [-0.39, 0.29) is 35.5 Å². The summed E-state index contributed by atoms with van der Waals surface area (Å²) >= 11 is 0. The average Bonchev–Trinajstić information content (AvgIpc) is 2.59. The quantitative estimate of drug-likeness (QED) is 0.567. The highest BCUT2D eigenvalue weighted by Gasteiger charge is 2.54. The molecule has 0 aromatic heterocycles. The molecule has 2 aliphatic rings. The third-order valence-electron chi connectivity index (χ3n) is 3.29. The lowest BCUT2D eigenvalue weighted by molar-refractivity contribution is -0.148. The summed E-state index contributed by atoms with van der Waals surface area (Å²) in [7, 11) is 1.36. The molecule has 0 radical (unpaired) electrons. The van der Waals surface area contributed by atoms with E-state index < -0.39 is 0 Å². The molecule has 2 aliphatic carbocycles. The highest BCUT2D eigenvalue weighted by Crippen LogP contribution is 2.45. The minimum Gasteiger partial charge on any atom is -0.469 e. The molecule has 0 saturated heterocycles. The number of esters is 1. The molecule has 0 spiro atoms. The van der Waals surface area contributed by atoms with E-state index in [1.165, 1.54) is 7.11 Å². The van der Waals surface area contributed by atoms with Crippen LogP contribution in [0.1, 0.15) is 12.8 Å². The second-order valence-corrected chi connectivity index (χ2v) is 3.90. The number of hydrogen-bond acceptors (Lipinski definition) is 4. The molecule has 2 bridgehead atoms. The summed E-state index contributed by atoms with van der Waals surface area (Å²) in [6, 6.07) is -0.307. The van der Waals surface area contributed by atoms with Gasteiger partial charge in [-0.15, -0.1) is 0 Å². The third-order valence-corrected chi connectivity index (χ3v) is 3.29. The van der Waals surface area contributed by atoms with Crippen LogP contribution >= 0.6 is 0 Å². The van der Waals surface area contributed by atoms with Gasteiger partial charge in [0.2, 0.25) is 0 Å². The maximum atomic E-state index is 11.3. The number of carbonyl (C=O) groups excluding carboxylic acids is 2. The van der Waals surface area contributed by atoms with E-state index in [0.29, 0.717) is 6.42 Å². The summed E-state index contributed by atoms with van der Waals surface area (Å²) in [5.41, 5.74) is 5.81. The fourth-order valence-electron chi connectivity index (χ4n) is 2.65. The van der Waals surface area contributed by atoms with E-state index in [1.54, 1.807) is 0 Å². The lowest BCUT2D eigenvalue weighted by Gasteiger charge is -2.24. The molecule has 4 atom stereocenters. The van der Waals surface area contributed by atoms with Crippen LogP contribution in [0.2, 0.25) is 0 Å². The maximum Gasteiger partial charge on any atom is 0.310 e. The fourth-order valence-corrected chi connectivity index (χ4v) is 2.65. The number of methoxy groups -OCH3 is 1. The number of ketones is 1. The largest absolute Gasteiger partial charge is 0.469 e. The minimum absolute atomic E-state index is 0.0888. The molecular formula is C9H13NO3. The first kappa shape index (κ1) is 8.69. The Morgan fingerprint density at radius 2 is 2.31 bits per heavy atom. The first-order valence-electron chi connectivity index (χ1n) is 4.51. The van der Waals surface area contributed by atoms with Crippen LogP contribution in [0.15, 0.2) is 0 Å². The lowest BCUT2D eigenvalue weighted by Crippen LogP contribution is -2.44. The maximum absolute atomic E-state index is 11.3. The molecule has 72 valence electrons. The molecule has 4 nitrogen and oxygen atoms in total. The molecule has 2 fully saturated rings. The predicted octanol–water partition coefficient (Wildman–Crippen LogP) is -0.288. The van der Waals surface area contributed by atoms with E-state index in [0.717, 1.165) is 6.42 Å². The highest BCUT2D eigenvalue weighted by molar-refractivity contribution is 5.89. The molecule has 0 unspecified atom stereocenters. The Morgan fingerprint density at radius 3 is 2.77 bits per heavy atom. The van der Waals surface area contributed by atoms with Gasteiger partial charge in [-0.3, -0.25) is 9.59 Å². The normalized spacial score (nSPS) is 42.5. The van der Waals surface area contributed by atoms with Crippen LogP contribution in [-0.4, -0.2) is 24.9 Å². The number of fused-ring (bicyclic) bond motifs is 2. The number of carbonyl (C=O) groups is 2. The summed E-state index contributed by atoms with van der Waals surface area (Å²) in [5, 5.41) is 0. The van der Waals surface area contributed by atoms with E-state index >= 15 is 0 Å². The van der Waals surface area contributed by atoms with Gasteiger partial charge in [0.15, 0.2) is 0 Å². The molecule has 0 aliphatic heterocycles. The van der Waals surface area contributed by atoms with E-state index in [9.17, 15) is 9.59 Å².